The molecule has 0 fully saturated rings. The maximum absolute atomic E-state index is 14.6. The van der Waals surface area contributed by atoms with Crippen LogP contribution in [0.25, 0.3) is 0 Å². The molecule has 8 nitrogen and oxygen atoms in total. The standard InChI is InChI=1S/C19H23F9O8S3/c1-9(2)12-7-13(10(3)4)15(14(8-12)11(5)6)35-37(29,30)17(22,23)16(20,21)18(24,25)38(31,32)36-39(33,34)19(26,27)28/h7-11H,1-6H3. The number of hydrogen-bond donors (Lipinski definition) is 0. The molecule has 1 aromatic rings. The van der Waals surface area contributed by atoms with Crippen molar-refractivity contribution in [2.24, 2.45) is 0 Å². The van der Waals surface area contributed by atoms with Gasteiger partial charge in [0.15, 0.2) is 0 Å². The third kappa shape index (κ3) is 6.27. The normalized spacial score (nSPS) is 14.9. The molecule has 0 heterocycles. The van der Waals surface area contributed by atoms with Gasteiger partial charge < -0.3 is 4.18 Å². The van der Waals surface area contributed by atoms with Crippen molar-refractivity contribution in [2.45, 2.75) is 81.2 Å². The first-order valence-electron chi connectivity index (χ1n) is 10.5. The molecular formula is C19H23F9O8S3. The van der Waals surface area contributed by atoms with E-state index in [1.165, 1.54) is 39.8 Å². The van der Waals surface area contributed by atoms with Gasteiger partial charge in [-0.25, -0.2) is 0 Å². The first-order valence-corrected chi connectivity index (χ1v) is 14.7. The Morgan fingerprint density at radius 1 is 0.590 bits per heavy atom. The van der Waals surface area contributed by atoms with Crippen LogP contribution in [0.4, 0.5) is 39.5 Å². The third-order valence-electron chi connectivity index (χ3n) is 5.09. The van der Waals surface area contributed by atoms with Gasteiger partial charge in [-0.05, 0) is 34.4 Å². The molecule has 0 aromatic heterocycles. The Morgan fingerprint density at radius 2 is 0.949 bits per heavy atom. The van der Waals surface area contributed by atoms with Gasteiger partial charge in [-0.2, -0.15) is 64.8 Å². The molecule has 1 rings (SSSR count). The van der Waals surface area contributed by atoms with E-state index < -0.39 is 69.9 Å². The van der Waals surface area contributed by atoms with Gasteiger partial charge in [0.25, 0.3) is 0 Å². The maximum atomic E-state index is 14.6. The zero-order valence-electron chi connectivity index (χ0n) is 20.8. The molecule has 1 aromatic carbocycles. The molecule has 0 bridgehead atoms. The van der Waals surface area contributed by atoms with Gasteiger partial charge in [-0.15, -0.1) is 3.63 Å². The lowest BCUT2D eigenvalue weighted by Gasteiger charge is -2.31. The molecule has 0 N–H and O–H groups in total. The van der Waals surface area contributed by atoms with Gasteiger partial charge in [-0.1, -0.05) is 53.7 Å². The van der Waals surface area contributed by atoms with Crippen molar-refractivity contribution >= 4 is 30.4 Å². The van der Waals surface area contributed by atoms with Gasteiger partial charge in [-0.3, -0.25) is 0 Å². The average molecular weight is 647 g/mol. The fourth-order valence-corrected chi connectivity index (χ4v) is 5.89. The second-order valence-corrected chi connectivity index (χ2v) is 14.0. The molecule has 0 aliphatic heterocycles. The van der Waals surface area contributed by atoms with E-state index in [2.05, 4.69) is 7.81 Å². The summed E-state index contributed by atoms with van der Waals surface area (Å²) in [5.74, 6) is -10.3. The molecule has 39 heavy (non-hydrogen) atoms. The van der Waals surface area contributed by atoms with Gasteiger partial charge in [0.1, 0.15) is 5.75 Å². The van der Waals surface area contributed by atoms with Crippen molar-refractivity contribution in [1.82, 2.24) is 0 Å². The van der Waals surface area contributed by atoms with Crippen LogP contribution in [0.15, 0.2) is 12.1 Å². The van der Waals surface area contributed by atoms with Gasteiger partial charge in [0.05, 0.1) is 0 Å². The van der Waals surface area contributed by atoms with Crippen LogP contribution in [0, 0.1) is 0 Å². The Morgan fingerprint density at radius 3 is 1.26 bits per heavy atom. The molecule has 0 aliphatic carbocycles. The number of alkyl halides is 9. The van der Waals surface area contributed by atoms with Crippen molar-refractivity contribution in [3.8, 4) is 5.75 Å². The number of hydrogen-bond acceptors (Lipinski definition) is 8. The van der Waals surface area contributed by atoms with Gasteiger partial charge in [0, 0.05) is 0 Å². The highest BCUT2D eigenvalue weighted by Crippen LogP contribution is 2.53. The van der Waals surface area contributed by atoms with E-state index in [9.17, 15) is 64.8 Å². The van der Waals surface area contributed by atoms with Crippen LogP contribution in [0.2, 0.25) is 0 Å². The maximum Gasteiger partial charge on any atom is 0.524 e. The largest absolute Gasteiger partial charge is 0.524 e. The Kier molecular flexibility index (Phi) is 9.53. The van der Waals surface area contributed by atoms with E-state index in [4.69, 9.17) is 0 Å². The van der Waals surface area contributed by atoms with Gasteiger partial charge in [0.2, 0.25) is 0 Å². The van der Waals surface area contributed by atoms with Crippen molar-refractivity contribution < 1.29 is 72.6 Å². The molecule has 0 spiro atoms. The predicted molar refractivity (Wildman–Crippen MR) is 118 cm³/mol. The fourth-order valence-electron chi connectivity index (χ4n) is 2.83. The summed E-state index contributed by atoms with van der Waals surface area (Å²) in [6.07, 6.45) is 0. The molecule has 228 valence electrons. The van der Waals surface area contributed by atoms with E-state index >= 15 is 0 Å². The SMILES string of the molecule is CC(C)c1cc(C(C)C)c(OS(=O)(=O)C(F)(F)C(F)(F)C(F)(F)S(=O)(=O)OS(=O)(=O)C(F)(F)F)c(C(C)C)c1. The molecule has 0 atom stereocenters. The minimum atomic E-state index is -8.12. The summed E-state index contributed by atoms with van der Waals surface area (Å²) in [4.78, 5) is 0. The number of benzene rings is 1. The molecule has 0 saturated heterocycles. The highest BCUT2D eigenvalue weighted by Gasteiger charge is 2.84. The average Bonchev–Trinajstić information content (AvgIpc) is 2.70. The Balaban J connectivity index is 3.80. The van der Waals surface area contributed by atoms with Crippen molar-refractivity contribution in [1.29, 1.82) is 0 Å². The molecule has 0 radical (unpaired) electrons. The zero-order valence-corrected chi connectivity index (χ0v) is 23.2. The van der Waals surface area contributed by atoms with Gasteiger partial charge >= 0.3 is 52.3 Å². The summed E-state index contributed by atoms with van der Waals surface area (Å²) >= 11 is 0. The molecule has 0 aliphatic rings. The number of rotatable bonds is 11. The van der Waals surface area contributed by atoms with Crippen LogP contribution in [0.1, 0.15) is 76.0 Å². The van der Waals surface area contributed by atoms with Crippen LogP contribution < -0.4 is 4.18 Å². The van der Waals surface area contributed by atoms with Crippen LogP contribution in [-0.4, -0.2) is 47.2 Å². The second kappa shape index (κ2) is 10.6. The summed E-state index contributed by atoms with van der Waals surface area (Å²) in [6.45, 7) is 9.03. The minimum absolute atomic E-state index is 0.147. The quantitative estimate of drug-likeness (QED) is 0.169. The van der Waals surface area contributed by atoms with E-state index in [-0.39, 0.29) is 17.0 Å². The summed E-state index contributed by atoms with van der Waals surface area (Å²) in [7, 11) is -23.0. The summed E-state index contributed by atoms with van der Waals surface area (Å²) in [5, 5.41) is -14.7. The Labute approximate surface area is 218 Å². The lowest BCUT2D eigenvalue weighted by Crippen LogP contribution is -2.62. The third-order valence-corrected chi connectivity index (χ3v) is 9.25. The van der Waals surface area contributed by atoms with Crippen molar-refractivity contribution in [3.63, 3.8) is 0 Å². The minimum Gasteiger partial charge on any atom is -0.377 e. The topological polar surface area (TPSA) is 121 Å². The highest BCUT2D eigenvalue weighted by molar-refractivity contribution is 8.00. The van der Waals surface area contributed by atoms with Crippen LogP contribution >= 0.6 is 0 Å². The first kappa shape index (κ1) is 35.2. The van der Waals surface area contributed by atoms with E-state index in [1.807, 2.05) is 0 Å². The Hall–Kier alpha value is -1.80. The zero-order chi connectivity index (χ0) is 31.4. The van der Waals surface area contributed by atoms with E-state index in [0.717, 1.165) is 0 Å². The lowest BCUT2D eigenvalue weighted by molar-refractivity contribution is -0.247. The summed E-state index contributed by atoms with van der Waals surface area (Å²) in [6, 6.07) is 2.55. The monoisotopic (exact) mass is 646 g/mol. The molecular weight excluding hydrogens is 623 g/mol. The predicted octanol–water partition coefficient (Wildman–Crippen LogP) is 5.78. The smallest absolute Gasteiger partial charge is 0.377 e. The lowest BCUT2D eigenvalue weighted by atomic mass is 9.88. The highest BCUT2D eigenvalue weighted by atomic mass is 32.3. The van der Waals surface area contributed by atoms with Crippen LogP contribution in [0.3, 0.4) is 0 Å². The molecule has 0 amide bonds. The summed E-state index contributed by atoms with van der Waals surface area (Å²) < 4.78 is 198. The van der Waals surface area contributed by atoms with E-state index in [1.54, 1.807) is 13.8 Å². The van der Waals surface area contributed by atoms with Crippen molar-refractivity contribution in [2.75, 3.05) is 0 Å². The van der Waals surface area contributed by atoms with Crippen LogP contribution in [-0.2, 0) is 34.0 Å². The van der Waals surface area contributed by atoms with Crippen LogP contribution in [0.5, 0.6) is 5.75 Å². The second-order valence-electron chi connectivity index (χ2n) is 9.06. The fraction of sp³-hybridized carbons (Fsp3) is 0.684. The first-order chi connectivity index (χ1) is 17.0. The Bertz CT molecular complexity index is 1370. The van der Waals surface area contributed by atoms with Crippen molar-refractivity contribution in [3.05, 3.63) is 28.8 Å². The summed E-state index contributed by atoms with van der Waals surface area (Å²) in [5.41, 5.74) is -6.55. The molecule has 0 unspecified atom stereocenters. The molecule has 0 saturated carbocycles. The number of halogens is 9. The van der Waals surface area contributed by atoms with E-state index in [0.29, 0.717) is 5.56 Å². The molecule has 20 heteroatoms.